The van der Waals surface area contributed by atoms with Gasteiger partial charge in [0.05, 0.1) is 21.8 Å². The maximum atomic E-state index is 12.1. The van der Waals surface area contributed by atoms with Gasteiger partial charge in [-0.25, -0.2) is 8.93 Å². The zero-order chi connectivity index (χ0) is 13.9. The minimum Gasteiger partial charge on any atom is -0.393 e. The Labute approximate surface area is 109 Å². The van der Waals surface area contributed by atoms with E-state index in [1.165, 1.54) is 0 Å². The van der Waals surface area contributed by atoms with Crippen LogP contribution in [-0.4, -0.2) is 26.2 Å². The highest BCUT2D eigenvalue weighted by Crippen LogP contribution is 2.25. The van der Waals surface area contributed by atoms with Gasteiger partial charge in [0.1, 0.15) is 0 Å². The molecule has 0 spiro atoms. The van der Waals surface area contributed by atoms with Gasteiger partial charge in [-0.05, 0) is 39.0 Å². The molecule has 3 nitrogen and oxygen atoms in total. The molecule has 4 heteroatoms. The van der Waals surface area contributed by atoms with E-state index in [1.807, 2.05) is 27.7 Å². The average molecular weight is 263 g/mol. The second-order valence-electron chi connectivity index (χ2n) is 6.72. The van der Waals surface area contributed by atoms with Gasteiger partial charge in [-0.2, -0.15) is 0 Å². The van der Waals surface area contributed by atoms with Crippen molar-refractivity contribution >= 4 is 11.0 Å². The molecule has 17 heavy (non-hydrogen) atoms. The molecule has 0 aliphatic carbocycles. The van der Waals surface area contributed by atoms with Crippen molar-refractivity contribution < 1.29 is 9.32 Å². The molecule has 0 unspecified atom stereocenters. The van der Waals surface area contributed by atoms with Gasteiger partial charge in [-0.3, -0.25) is 0 Å². The van der Waals surface area contributed by atoms with Crippen molar-refractivity contribution in [3.8, 4) is 0 Å². The highest BCUT2D eigenvalue weighted by molar-refractivity contribution is 7.84. The van der Waals surface area contributed by atoms with Crippen molar-refractivity contribution in [3.63, 3.8) is 0 Å². The zero-order valence-electron chi connectivity index (χ0n) is 12.3. The Morgan fingerprint density at radius 1 is 1.18 bits per heavy atom. The van der Waals surface area contributed by atoms with Crippen molar-refractivity contribution in [2.75, 3.05) is 0 Å². The van der Waals surface area contributed by atoms with E-state index in [0.29, 0.717) is 6.42 Å². The van der Waals surface area contributed by atoms with Gasteiger partial charge in [-0.1, -0.05) is 27.7 Å². The molecule has 0 saturated heterocycles. The largest absolute Gasteiger partial charge is 0.393 e. The summed E-state index contributed by atoms with van der Waals surface area (Å²) in [7, 11) is -1.09. The minimum absolute atomic E-state index is 0.0168. The Morgan fingerprint density at radius 3 is 1.94 bits per heavy atom. The summed E-state index contributed by atoms with van der Waals surface area (Å²) < 4.78 is 15.0. The van der Waals surface area contributed by atoms with E-state index in [1.54, 1.807) is 0 Å². The third kappa shape index (κ3) is 6.53. The monoisotopic (exact) mass is 263 g/mol. The van der Waals surface area contributed by atoms with Gasteiger partial charge in [0.2, 0.25) is 0 Å². The van der Waals surface area contributed by atoms with E-state index in [4.69, 9.17) is 0 Å². The van der Waals surface area contributed by atoms with Gasteiger partial charge in [-0.15, -0.1) is 0 Å². The number of hydrogen-bond donors (Lipinski definition) is 2. The molecule has 0 fully saturated rings. The van der Waals surface area contributed by atoms with Crippen molar-refractivity contribution in [1.29, 1.82) is 0 Å². The van der Waals surface area contributed by atoms with E-state index in [2.05, 4.69) is 25.5 Å². The Balaban J connectivity index is 4.68. The first-order valence-electron chi connectivity index (χ1n) is 6.34. The van der Waals surface area contributed by atoms with Crippen LogP contribution >= 0.6 is 0 Å². The van der Waals surface area contributed by atoms with Gasteiger partial charge in [0.15, 0.2) is 0 Å². The second kappa shape index (κ2) is 6.30. The molecule has 0 heterocycles. The minimum atomic E-state index is -1.09. The SMILES string of the molecule is CC[C@@H](O)C[C@@H](N[S@](=O)C(C)(C)C)C(C)(C)C. The van der Waals surface area contributed by atoms with E-state index < -0.39 is 11.0 Å². The first-order chi connectivity index (χ1) is 7.48. The number of nitrogens with one attached hydrogen (secondary N) is 1. The van der Waals surface area contributed by atoms with Crippen LogP contribution in [0.3, 0.4) is 0 Å². The molecule has 0 rings (SSSR count). The summed E-state index contributed by atoms with van der Waals surface area (Å²) in [5, 5.41) is 9.77. The molecular weight excluding hydrogens is 234 g/mol. The first kappa shape index (κ1) is 17.1. The van der Waals surface area contributed by atoms with Crippen LogP contribution in [-0.2, 0) is 11.0 Å². The first-order valence-corrected chi connectivity index (χ1v) is 7.49. The molecule has 0 amide bonds. The molecule has 2 N–H and O–H groups in total. The highest BCUT2D eigenvalue weighted by atomic mass is 32.2. The van der Waals surface area contributed by atoms with Crippen LogP contribution in [0.5, 0.6) is 0 Å². The quantitative estimate of drug-likeness (QED) is 0.801. The van der Waals surface area contributed by atoms with Crippen molar-refractivity contribution in [2.24, 2.45) is 5.41 Å². The fourth-order valence-corrected chi connectivity index (χ4v) is 2.38. The van der Waals surface area contributed by atoms with Gasteiger partial charge in [0, 0.05) is 6.04 Å². The maximum Gasteiger partial charge on any atom is 0.0972 e. The van der Waals surface area contributed by atoms with E-state index in [-0.39, 0.29) is 22.3 Å². The molecule has 0 aromatic rings. The van der Waals surface area contributed by atoms with Crippen molar-refractivity contribution in [1.82, 2.24) is 4.72 Å². The lowest BCUT2D eigenvalue weighted by Gasteiger charge is -2.34. The second-order valence-corrected chi connectivity index (χ2v) is 8.71. The van der Waals surface area contributed by atoms with Gasteiger partial charge < -0.3 is 5.11 Å². The predicted octanol–water partition coefficient (Wildman–Crippen LogP) is 2.61. The Morgan fingerprint density at radius 2 is 1.65 bits per heavy atom. The Hall–Kier alpha value is 0.0700. The Bertz CT molecular complexity index is 253. The van der Waals surface area contributed by atoms with E-state index in [0.717, 1.165) is 6.42 Å². The molecule has 0 aliphatic heterocycles. The normalized spacial score (nSPS) is 18.8. The third-order valence-corrected chi connectivity index (χ3v) is 4.44. The van der Waals surface area contributed by atoms with Crippen LogP contribution in [0.4, 0.5) is 0 Å². The summed E-state index contributed by atoms with van der Waals surface area (Å²) in [6.07, 6.45) is 1.04. The molecule has 0 radical (unpaired) electrons. The Kier molecular flexibility index (Phi) is 6.33. The van der Waals surface area contributed by atoms with Gasteiger partial charge in [0.25, 0.3) is 0 Å². The van der Waals surface area contributed by atoms with Crippen molar-refractivity contribution in [2.45, 2.75) is 78.2 Å². The van der Waals surface area contributed by atoms with Crippen LogP contribution in [0.2, 0.25) is 0 Å². The van der Waals surface area contributed by atoms with Gasteiger partial charge >= 0.3 is 0 Å². The molecule has 104 valence electrons. The number of aliphatic hydroxyl groups excluding tert-OH is 1. The molecule has 3 atom stereocenters. The van der Waals surface area contributed by atoms with Crippen LogP contribution in [0, 0.1) is 5.41 Å². The molecular formula is C13H29NO2S. The summed E-state index contributed by atoms with van der Waals surface area (Å²) in [5.74, 6) is 0. The summed E-state index contributed by atoms with van der Waals surface area (Å²) in [5.41, 5.74) is -0.0168. The lowest BCUT2D eigenvalue weighted by atomic mass is 9.84. The van der Waals surface area contributed by atoms with E-state index in [9.17, 15) is 9.32 Å². The van der Waals surface area contributed by atoms with Crippen molar-refractivity contribution in [3.05, 3.63) is 0 Å². The summed E-state index contributed by atoms with van der Waals surface area (Å²) in [6, 6.07) is 0.0532. The lowest BCUT2D eigenvalue weighted by Crippen LogP contribution is -2.47. The average Bonchev–Trinajstić information content (AvgIpc) is 2.13. The highest BCUT2D eigenvalue weighted by Gasteiger charge is 2.31. The summed E-state index contributed by atoms with van der Waals surface area (Å²) in [4.78, 5) is 0. The summed E-state index contributed by atoms with van der Waals surface area (Å²) >= 11 is 0. The van der Waals surface area contributed by atoms with Crippen LogP contribution in [0.1, 0.15) is 61.3 Å². The number of aliphatic hydroxyl groups is 1. The molecule has 0 bridgehead atoms. The topological polar surface area (TPSA) is 49.3 Å². The standard InChI is InChI=1S/C13H29NO2S/c1-8-10(15)9-11(12(2,3)4)14-17(16)13(5,6)7/h10-11,14-15H,8-9H2,1-7H3/t10-,11-,17-/m1/s1. The predicted molar refractivity (Wildman–Crippen MR) is 75.2 cm³/mol. The van der Waals surface area contributed by atoms with Crippen LogP contribution in [0.25, 0.3) is 0 Å². The molecule has 0 aliphatic rings. The van der Waals surface area contributed by atoms with E-state index >= 15 is 0 Å². The fraction of sp³-hybridized carbons (Fsp3) is 1.00. The van der Waals surface area contributed by atoms with Crippen LogP contribution < -0.4 is 4.72 Å². The zero-order valence-corrected chi connectivity index (χ0v) is 13.1. The lowest BCUT2D eigenvalue weighted by molar-refractivity contribution is 0.124. The van der Waals surface area contributed by atoms with Crippen LogP contribution in [0.15, 0.2) is 0 Å². The maximum absolute atomic E-state index is 12.1. The number of hydrogen-bond acceptors (Lipinski definition) is 2. The molecule has 0 aromatic heterocycles. The molecule has 0 aromatic carbocycles. The smallest absolute Gasteiger partial charge is 0.0972 e. The number of rotatable bonds is 5. The molecule has 0 saturated carbocycles. The summed E-state index contributed by atoms with van der Waals surface area (Å²) in [6.45, 7) is 14.1. The third-order valence-electron chi connectivity index (χ3n) is 2.83. The fourth-order valence-electron chi connectivity index (χ4n) is 1.32.